The van der Waals surface area contributed by atoms with Crippen molar-refractivity contribution in [3.05, 3.63) is 229 Å². The van der Waals surface area contributed by atoms with E-state index in [4.69, 9.17) is 14.4 Å². The summed E-state index contributed by atoms with van der Waals surface area (Å²) < 4.78 is 6.24. The van der Waals surface area contributed by atoms with Crippen molar-refractivity contribution < 1.29 is 4.42 Å². The Kier molecular flexibility index (Phi) is 7.98. The minimum Gasteiger partial charge on any atom is -0.456 e. The fourth-order valence-electron chi connectivity index (χ4n) is 9.76. The van der Waals surface area contributed by atoms with Gasteiger partial charge in [0.2, 0.25) is 0 Å². The Bertz CT molecular complexity index is 3490. The predicted molar refractivity (Wildman–Crippen MR) is 251 cm³/mol. The van der Waals surface area contributed by atoms with E-state index in [0.717, 1.165) is 83.0 Å². The lowest BCUT2D eigenvalue weighted by Gasteiger charge is -2.28. The Morgan fingerprint density at radius 2 is 0.984 bits per heavy atom. The van der Waals surface area contributed by atoms with Crippen molar-refractivity contribution in [2.75, 3.05) is 0 Å². The van der Waals surface area contributed by atoms with Gasteiger partial charge in [-0.2, -0.15) is 0 Å². The van der Waals surface area contributed by atoms with Crippen LogP contribution in [0.2, 0.25) is 0 Å². The van der Waals surface area contributed by atoms with Gasteiger partial charge in [-0.15, -0.1) is 0 Å². The van der Waals surface area contributed by atoms with Gasteiger partial charge in [0, 0.05) is 32.9 Å². The van der Waals surface area contributed by atoms with E-state index in [1.807, 2.05) is 12.1 Å². The molecule has 12 rings (SSSR count). The summed E-state index contributed by atoms with van der Waals surface area (Å²) >= 11 is 0. The van der Waals surface area contributed by atoms with E-state index in [1.54, 1.807) is 0 Å². The highest BCUT2D eigenvalue weighted by Crippen LogP contribution is 2.55. The number of nitrogens with zero attached hydrogens (tertiary/aromatic N) is 2. The van der Waals surface area contributed by atoms with Crippen LogP contribution in [0.5, 0.6) is 0 Å². The molecule has 0 saturated heterocycles. The lowest BCUT2D eigenvalue weighted by atomic mass is 9.74. The van der Waals surface area contributed by atoms with E-state index in [0.29, 0.717) is 5.82 Å². The van der Waals surface area contributed by atoms with E-state index >= 15 is 0 Å². The first kappa shape index (κ1) is 35.1. The molecule has 1 unspecified atom stereocenters. The van der Waals surface area contributed by atoms with Gasteiger partial charge >= 0.3 is 0 Å². The molecule has 9 aromatic carbocycles. The van der Waals surface area contributed by atoms with Crippen LogP contribution in [-0.4, -0.2) is 9.97 Å². The lowest BCUT2D eigenvalue weighted by molar-refractivity contribution is 0.669. The van der Waals surface area contributed by atoms with Gasteiger partial charge in [0.1, 0.15) is 11.2 Å². The average Bonchev–Trinajstić information content (AvgIpc) is 3.84. The number of fused-ring (bicyclic) bond motifs is 7. The smallest absolute Gasteiger partial charge is 0.161 e. The number of hydrogen-bond donors (Lipinski definition) is 0. The number of hydrogen-bond acceptors (Lipinski definition) is 3. The molecule has 286 valence electrons. The summed E-state index contributed by atoms with van der Waals surface area (Å²) in [7, 11) is 0. The number of aromatic nitrogens is 2. The Hall–Kier alpha value is -7.88. The quantitative estimate of drug-likeness (QED) is 0.169. The van der Waals surface area contributed by atoms with Gasteiger partial charge in [0.05, 0.1) is 11.4 Å². The first-order valence-corrected chi connectivity index (χ1v) is 20.9. The van der Waals surface area contributed by atoms with Gasteiger partial charge in [-0.25, -0.2) is 9.97 Å². The van der Waals surface area contributed by atoms with Crippen molar-refractivity contribution in [2.24, 2.45) is 0 Å². The zero-order chi connectivity index (χ0) is 40.5. The van der Waals surface area contributed by atoms with E-state index in [-0.39, 0.29) is 5.41 Å². The maximum atomic E-state index is 6.24. The summed E-state index contributed by atoms with van der Waals surface area (Å²) in [5, 5.41) is 4.48. The fraction of sp³-hybridized carbons (Fsp3) is 0.0345. The van der Waals surface area contributed by atoms with Crippen molar-refractivity contribution >= 4 is 32.7 Å². The van der Waals surface area contributed by atoms with Crippen LogP contribution in [0.15, 0.2) is 217 Å². The van der Waals surface area contributed by atoms with Crippen LogP contribution in [0, 0.1) is 0 Å². The molecule has 0 radical (unpaired) electrons. The van der Waals surface area contributed by atoms with Crippen molar-refractivity contribution in [3.63, 3.8) is 0 Å². The summed E-state index contributed by atoms with van der Waals surface area (Å²) in [6, 6.07) is 75.9. The first-order valence-electron chi connectivity index (χ1n) is 20.9. The van der Waals surface area contributed by atoms with E-state index < -0.39 is 0 Å². The normalized spacial score (nSPS) is 14.4. The van der Waals surface area contributed by atoms with Crippen LogP contribution in [0.25, 0.3) is 100.0 Å². The van der Waals surface area contributed by atoms with E-state index in [2.05, 4.69) is 207 Å². The van der Waals surface area contributed by atoms with Crippen molar-refractivity contribution in [1.82, 2.24) is 9.97 Å². The third-order valence-corrected chi connectivity index (χ3v) is 12.8. The van der Waals surface area contributed by atoms with Crippen molar-refractivity contribution in [1.29, 1.82) is 0 Å². The zero-order valence-electron chi connectivity index (χ0n) is 33.5. The number of para-hydroxylation sites is 1. The van der Waals surface area contributed by atoms with Crippen LogP contribution in [0.1, 0.15) is 23.6 Å². The van der Waals surface area contributed by atoms with Crippen LogP contribution >= 0.6 is 0 Å². The van der Waals surface area contributed by atoms with Crippen LogP contribution < -0.4 is 0 Å². The Morgan fingerprint density at radius 3 is 1.85 bits per heavy atom. The predicted octanol–water partition coefficient (Wildman–Crippen LogP) is 15.2. The second kappa shape index (κ2) is 13.9. The molecule has 0 bridgehead atoms. The molecule has 3 nitrogen and oxygen atoms in total. The summed E-state index contributed by atoms with van der Waals surface area (Å²) in [5.41, 5.74) is 17.1. The van der Waals surface area contributed by atoms with Gasteiger partial charge in [0.15, 0.2) is 5.82 Å². The lowest BCUT2D eigenvalue weighted by Crippen LogP contribution is -2.22. The summed E-state index contributed by atoms with van der Waals surface area (Å²) in [5.74, 6) is 0.692. The number of rotatable bonds is 6. The molecule has 2 aromatic heterocycles. The second-order valence-electron chi connectivity index (χ2n) is 16.2. The van der Waals surface area contributed by atoms with Gasteiger partial charge < -0.3 is 4.42 Å². The summed E-state index contributed by atoms with van der Waals surface area (Å²) in [6.07, 6.45) is 0. The molecular weight excluding hydrogens is 741 g/mol. The molecule has 0 amide bonds. The fourth-order valence-corrected chi connectivity index (χ4v) is 9.76. The highest BCUT2D eigenvalue weighted by Gasteiger charge is 2.41. The second-order valence-corrected chi connectivity index (χ2v) is 16.2. The molecule has 0 aliphatic heterocycles. The largest absolute Gasteiger partial charge is 0.456 e. The number of furan rings is 1. The Morgan fingerprint density at radius 1 is 0.377 bits per heavy atom. The Balaban J connectivity index is 1.12. The third kappa shape index (κ3) is 5.66. The molecule has 0 fully saturated rings. The van der Waals surface area contributed by atoms with E-state index in [1.165, 1.54) is 27.8 Å². The minimum absolute atomic E-state index is 0.335. The molecule has 0 spiro atoms. The van der Waals surface area contributed by atoms with Gasteiger partial charge in [0.25, 0.3) is 0 Å². The SMILES string of the molecule is CC1(c2ccccc2)c2ccccc2-c2c(-c3cc(-c4cc(-c5ccccc5)cc(-c5ccc6oc7ccccc7c6c5)c4)nc(-c4cccc5ccccc45)n3)cccc21. The molecule has 61 heavy (non-hydrogen) atoms. The highest BCUT2D eigenvalue weighted by molar-refractivity contribution is 6.06. The van der Waals surface area contributed by atoms with Gasteiger partial charge in [-0.05, 0) is 110 Å². The summed E-state index contributed by atoms with van der Waals surface area (Å²) in [4.78, 5) is 11.0. The minimum atomic E-state index is -0.335. The average molecular weight is 779 g/mol. The molecule has 11 aromatic rings. The maximum absolute atomic E-state index is 6.24. The van der Waals surface area contributed by atoms with E-state index in [9.17, 15) is 0 Å². The standard InChI is InChI=1S/C58H38N2O/c1-58(43-20-6-3-7-21-43)50-27-12-10-24-47(50)56-48(26-15-28-51(56)58)53-36-52(59-57(60-53)46-25-14-19-38-18-8-9-22-44(38)46)42-33-40(37-16-4-2-5-17-37)32-41(34-42)39-30-31-55-49(35-39)45-23-11-13-29-54(45)61-55/h2-36H,1H3. The third-order valence-electron chi connectivity index (χ3n) is 12.8. The maximum Gasteiger partial charge on any atom is 0.161 e. The van der Waals surface area contributed by atoms with Gasteiger partial charge in [-0.1, -0.05) is 170 Å². The Labute approximate surface area is 354 Å². The molecule has 2 heterocycles. The highest BCUT2D eigenvalue weighted by atomic mass is 16.3. The number of benzene rings is 9. The van der Waals surface area contributed by atoms with Crippen LogP contribution in [-0.2, 0) is 5.41 Å². The molecule has 1 aliphatic carbocycles. The van der Waals surface area contributed by atoms with Crippen molar-refractivity contribution in [3.8, 4) is 67.3 Å². The van der Waals surface area contributed by atoms with Crippen molar-refractivity contribution in [2.45, 2.75) is 12.3 Å². The molecule has 1 atom stereocenters. The molecule has 0 N–H and O–H groups in total. The van der Waals surface area contributed by atoms with Gasteiger partial charge in [-0.3, -0.25) is 0 Å². The van der Waals surface area contributed by atoms with Crippen LogP contribution in [0.3, 0.4) is 0 Å². The molecule has 3 heteroatoms. The topological polar surface area (TPSA) is 38.9 Å². The monoisotopic (exact) mass is 778 g/mol. The first-order chi connectivity index (χ1) is 30.1. The zero-order valence-corrected chi connectivity index (χ0v) is 33.5. The molecule has 1 aliphatic rings. The summed E-state index contributed by atoms with van der Waals surface area (Å²) in [6.45, 7) is 2.37. The molecular formula is C58H38N2O. The molecule has 0 saturated carbocycles. The van der Waals surface area contributed by atoms with Crippen LogP contribution in [0.4, 0.5) is 0 Å².